The summed E-state index contributed by atoms with van der Waals surface area (Å²) in [4.78, 5) is 19.7. The van der Waals surface area contributed by atoms with Gasteiger partial charge < -0.3 is 14.7 Å². The number of aromatic nitrogens is 2. The lowest BCUT2D eigenvalue weighted by atomic mass is 10.0. The van der Waals surface area contributed by atoms with E-state index in [0.717, 1.165) is 49.1 Å². The molecule has 4 rings (SSSR count). The summed E-state index contributed by atoms with van der Waals surface area (Å²) in [5.41, 5.74) is 2.99. The largest absolute Gasteiger partial charge is 0.337 e. The van der Waals surface area contributed by atoms with Crippen molar-refractivity contribution < 1.29 is 9.32 Å². The molecule has 1 amide bonds. The Labute approximate surface area is 153 Å². The van der Waals surface area contributed by atoms with Crippen LogP contribution in [0.1, 0.15) is 66.7 Å². The topological polar surface area (TPSA) is 71.3 Å². The summed E-state index contributed by atoms with van der Waals surface area (Å²) in [6, 6.07) is 2.22. The Morgan fingerprint density at radius 2 is 2.12 bits per heavy atom. The third-order valence-electron chi connectivity index (χ3n) is 5.17. The molecule has 1 saturated carbocycles. The van der Waals surface area contributed by atoms with E-state index in [1.165, 1.54) is 0 Å². The maximum Gasteiger partial charge on any atom is 0.259 e. The molecule has 25 heavy (non-hydrogen) atoms. The minimum absolute atomic E-state index is 0. The third-order valence-corrected chi connectivity index (χ3v) is 5.17. The Balaban J connectivity index is 0.00000182. The Morgan fingerprint density at radius 1 is 1.36 bits per heavy atom. The number of carbonyl (C=O) groups is 1. The number of hydrogen-bond donors (Lipinski definition) is 1. The second-order valence-electron chi connectivity index (χ2n) is 7.33. The number of likely N-dealkylation sites (N-methyl/N-ethyl adjacent to an activating group) is 1. The molecule has 2 aromatic rings. The predicted octanol–water partition coefficient (Wildman–Crippen LogP) is 3.08. The monoisotopic (exact) mass is 364 g/mol. The van der Waals surface area contributed by atoms with E-state index in [1.54, 1.807) is 0 Å². The molecule has 0 radical (unpaired) electrons. The van der Waals surface area contributed by atoms with Crippen LogP contribution in [0.3, 0.4) is 0 Å². The molecule has 2 aliphatic rings. The first kappa shape index (κ1) is 18.1. The van der Waals surface area contributed by atoms with E-state index < -0.39 is 0 Å². The van der Waals surface area contributed by atoms with Crippen molar-refractivity contribution in [2.24, 2.45) is 0 Å². The minimum Gasteiger partial charge on any atom is -0.337 e. The van der Waals surface area contributed by atoms with Crippen LogP contribution >= 0.6 is 12.4 Å². The zero-order chi connectivity index (χ0) is 16.8. The smallest absolute Gasteiger partial charge is 0.259 e. The average molecular weight is 365 g/mol. The first-order valence-electron chi connectivity index (χ1n) is 8.84. The summed E-state index contributed by atoms with van der Waals surface area (Å²) in [6.45, 7) is 5.94. The zero-order valence-corrected chi connectivity index (χ0v) is 15.7. The lowest BCUT2D eigenvalue weighted by molar-refractivity contribution is 0.0745. The number of nitrogens with zero attached hydrogens (tertiary/aromatic N) is 3. The van der Waals surface area contributed by atoms with Gasteiger partial charge in [0.1, 0.15) is 0 Å². The highest BCUT2D eigenvalue weighted by molar-refractivity contribution is 6.06. The van der Waals surface area contributed by atoms with Crippen LogP contribution in [0.4, 0.5) is 0 Å². The van der Waals surface area contributed by atoms with E-state index in [1.807, 2.05) is 18.0 Å². The molecule has 2 fully saturated rings. The Bertz CT molecular complexity index is 779. The fourth-order valence-electron chi connectivity index (χ4n) is 3.47. The number of amides is 1. The maximum absolute atomic E-state index is 13.2. The molecule has 3 heterocycles. The molecular formula is C18H25ClN4O2. The molecule has 0 aromatic carbocycles. The quantitative estimate of drug-likeness (QED) is 0.902. The van der Waals surface area contributed by atoms with Gasteiger partial charge in [0.25, 0.3) is 11.6 Å². The molecule has 1 atom stereocenters. The highest BCUT2D eigenvalue weighted by Crippen LogP contribution is 2.41. The van der Waals surface area contributed by atoms with Gasteiger partial charge in [-0.15, -0.1) is 12.4 Å². The number of halogens is 1. The van der Waals surface area contributed by atoms with E-state index in [2.05, 4.69) is 29.3 Å². The summed E-state index contributed by atoms with van der Waals surface area (Å²) >= 11 is 0. The molecule has 1 saturated heterocycles. The lowest BCUT2D eigenvalue weighted by Gasteiger charge is -2.24. The SMILES string of the molecule is CC(C)c1noc2nc(C3CC3)cc(C(=O)N(C)C3CCNC3)c12.Cl. The first-order valence-corrected chi connectivity index (χ1v) is 8.84. The summed E-state index contributed by atoms with van der Waals surface area (Å²) in [6.07, 6.45) is 3.27. The van der Waals surface area contributed by atoms with Gasteiger partial charge in [0.15, 0.2) is 0 Å². The third kappa shape index (κ3) is 3.25. The van der Waals surface area contributed by atoms with Gasteiger partial charge in [-0.2, -0.15) is 0 Å². The molecule has 1 unspecified atom stereocenters. The van der Waals surface area contributed by atoms with Gasteiger partial charge in [-0.3, -0.25) is 4.79 Å². The molecule has 6 nitrogen and oxygen atoms in total. The van der Waals surface area contributed by atoms with Crippen molar-refractivity contribution in [2.75, 3.05) is 20.1 Å². The van der Waals surface area contributed by atoms with Crippen molar-refractivity contribution in [2.45, 2.75) is 51.0 Å². The molecule has 136 valence electrons. The molecular weight excluding hydrogens is 340 g/mol. The molecule has 1 aliphatic carbocycles. The summed E-state index contributed by atoms with van der Waals surface area (Å²) in [7, 11) is 1.89. The second-order valence-corrected chi connectivity index (χ2v) is 7.33. The highest BCUT2D eigenvalue weighted by atomic mass is 35.5. The van der Waals surface area contributed by atoms with E-state index in [0.29, 0.717) is 17.2 Å². The molecule has 2 aromatic heterocycles. The minimum atomic E-state index is 0. The van der Waals surface area contributed by atoms with Crippen molar-refractivity contribution >= 4 is 29.4 Å². The lowest BCUT2D eigenvalue weighted by Crippen LogP contribution is -2.38. The summed E-state index contributed by atoms with van der Waals surface area (Å²) < 4.78 is 5.48. The van der Waals surface area contributed by atoms with Crippen LogP contribution in [0, 0.1) is 0 Å². The van der Waals surface area contributed by atoms with Gasteiger partial charge in [0, 0.05) is 31.2 Å². The van der Waals surface area contributed by atoms with E-state index in [9.17, 15) is 4.79 Å². The van der Waals surface area contributed by atoms with Crippen molar-refractivity contribution in [1.29, 1.82) is 0 Å². The highest BCUT2D eigenvalue weighted by Gasteiger charge is 2.32. The zero-order valence-electron chi connectivity index (χ0n) is 14.9. The molecule has 7 heteroatoms. The molecule has 0 spiro atoms. The van der Waals surface area contributed by atoms with Crippen LogP contribution < -0.4 is 5.32 Å². The number of rotatable bonds is 4. The van der Waals surface area contributed by atoms with Crippen molar-refractivity contribution in [3.05, 3.63) is 23.0 Å². The summed E-state index contributed by atoms with van der Waals surface area (Å²) in [5, 5.41) is 8.31. The number of hydrogen-bond acceptors (Lipinski definition) is 5. The van der Waals surface area contributed by atoms with Gasteiger partial charge in [0.2, 0.25) is 0 Å². The van der Waals surface area contributed by atoms with Gasteiger partial charge in [-0.25, -0.2) is 4.98 Å². The van der Waals surface area contributed by atoms with Crippen molar-refractivity contribution in [3.8, 4) is 0 Å². The Hall–Kier alpha value is -1.66. The number of nitrogens with one attached hydrogen (secondary N) is 1. The maximum atomic E-state index is 13.2. The first-order chi connectivity index (χ1) is 11.6. The second kappa shape index (κ2) is 6.92. The van der Waals surface area contributed by atoms with Gasteiger partial charge >= 0.3 is 0 Å². The van der Waals surface area contributed by atoms with Crippen molar-refractivity contribution in [1.82, 2.24) is 20.4 Å². The number of pyridine rings is 1. The van der Waals surface area contributed by atoms with Crippen LogP contribution in [-0.2, 0) is 0 Å². The number of carbonyl (C=O) groups excluding carboxylic acids is 1. The van der Waals surface area contributed by atoms with Crippen LogP contribution in [0.2, 0.25) is 0 Å². The Kier molecular flexibility index (Phi) is 5.02. The fourth-order valence-corrected chi connectivity index (χ4v) is 3.47. The van der Waals surface area contributed by atoms with Crippen LogP contribution in [0.15, 0.2) is 10.6 Å². The van der Waals surface area contributed by atoms with E-state index >= 15 is 0 Å². The van der Waals surface area contributed by atoms with E-state index in [-0.39, 0.29) is 30.3 Å². The van der Waals surface area contributed by atoms with Crippen LogP contribution in [0.5, 0.6) is 0 Å². The normalized spacial score (nSPS) is 20.1. The summed E-state index contributed by atoms with van der Waals surface area (Å²) in [5.74, 6) is 0.694. The van der Waals surface area contributed by atoms with Gasteiger partial charge in [-0.05, 0) is 37.8 Å². The van der Waals surface area contributed by atoms with Crippen molar-refractivity contribution in [3.63, 3.8) is 0 Å². The van der Waals surface area contributed by atoms with Crippen LogP contribution in [0.25, 0.3) is 11.1 Å². The molecule has 1 aliphatic heterocycles. The van der Waals surface area contributed by atoms with E-state index in [4.69, 9.17) is 4.52 Å². The average Bonchev–Trinajstić information content (AvgIpc) is 3.11. The molecule has 0 bridgehead atoms. The Morgan fingerprint density at radius 3 is 2.72 bits per heavy atom. The van der Waals surface area contributed by atoms with Gasteiger partial charge in [-0.1, -0.05) is 19.0 Å². The molecule has 1 N–H and O–H groups in total. The fraction of sp³-hybridized carbons (Fsp3) is 0.611. The standard InChI is InChI=1S/C18H24N4O2.ClH/c1-10(2)16-15-13(18(23)22(3)12-6-7-19-9-12)8-14(11-4-5-11)20-17(15)24-21-16;/h8,10-12,19H,4-7,9H2,1-3H3;1H. The number of fused-ring (bicyclic) bond motifs is 1. The predicted molar refractivity (Wildman–Crippen MR) is 98.5 cm³/mol. The van der Waals surface area contributed by atoms with Gasteiger partial charge in [0.05, 0.1) is 16.6 Å². The van der Waals surface area contributed by atoms with Crippen LogP contribution in [-0.4, -0.2) is 47.1 Å².